The van der Waals surface area contributed by atoms with Gasteiger partial charge in [0.05, 0.1) is 12.7 Å². The van der Waals surface area contributed by atoms with Gasteiger partial charge in [-0.15, -0.1) is 0 Å². The summed E-state index contributed by atoms with van der Waals surface area (Å²) in [6.07, 6.45) is -0.510. The number of carbonyl (C=O) groups excluding carboxylic acids is 1. The molecule has 19 heavy (non-hydrogen) atoms. The molecule has 1 aliphatic heterocycles. The molecule has 1 atom stereocenters. The fourth-order valence-corrected chi connectivity index (χ4v) is 2.92. The van der Waals surface area contributed by atoms with Crippen molar-refractivity contribution in [3.8, 4) is 0 Å². The molecular weight excluding hydrogens is 282 g/mol. The zero-order valence-corrected chi connectivity index (χ0v) is 11.8. The van der Waals surface area contributed by atoms with Gasteiger partial charge in [0.2, 0.25) is 10.0 Å². The number of halogens is 2. The standard InChI is InChI=1S/C10H18F2N2O4S/c1-9(2,14-19(3,16)17)6-13-5-7-4-10(11,12)8(15)18-7/h7,13-14H,4-6H2,1-3H3. The summed E-state index contributed by atoms with van der Waals surface area (Å²) in [5, 5.41) is 2.81. The van der Waals surface area contributed by atoms with E-state index in [0.29, 0.717) is 0 Å². The summed E-state index contributed by atoms with van der Waals surface area (Å²) >= 11 is 0. The lowest BCUT2D eigenvalue weighted by atomic mass is 10.1. The Morgan fingerprint density at radius 3 is 2.47 bits per heavy atom. The molecule has 0 saturated carbocycles. The van der Waals surface area contributed by atoms with Gasteiger partial charge in [-0.05, 0) is 13.8 Å². The molecule has 0 aromatic heterocycles. The molecular formula is C10H18F2N2O4S. The van der Waals surface area contributed by atoms with Crippen LogP contribution < -0.4 is 10.0 Å². The van der Waals surface area contributed by atoms with Gasteiger partial charge in [0.15, 0.2) is 0 Å². The first-order valence-electron chi connectivity index (χ1n) is 5.70. The average Bonchev–Trinajstić information content (AvgIpc) is 2.35. The maximum absolute atomic E-state index is 12.9. The number of nitrogens with one attached hydrogen (secondary N) is 2. The highest BCUT2D eigenvalue weighted by atomic mass is 32.2. The lowest BCUT2D eigenvalue weighted by Gasteiger charge is -2.25. The van der Waals surface area contributed by atoms with Crippen LogP contribution >= 0.6 is 0 Å². The number of hydrogen-bond donors (Lipinski definition) is 2. The summed E-state index contributed by atoms with van der Waals surface area (Å²) in [6, 6.07) is 0. The molecule has 0 aromatic carbocycles. The van der Waals surface area contributed by atoms with Crippen LogP contribution in [0.5, 0.6) is 0 Å². The monoisotopic (exact) mass is 300 g/mol. The Bertz CT molecular complexity index is 450. The smallest absolute Gasteiger partial charge is 0.377 e. The van der Waals surface area contributed by atoms with Gasteiger partial charge in [-0.25, -0.2) is 17.9 Å². The van der Waals surface area contributed by atoms with Gasteiger partial charge in [0, 0.05) is 18.6 Å². The second-order valence-corrected chi connectivity index (χ2v) is 7.07. The third-order valence-electron chi connectivity index (χ3n) is 2.46. The minimum atomic E-state index is -3.42. The van der Waals surface area contributed by atoms with Gasteiger partial charge in [-0.2, -0.15) is 8.78 Å². The first kappa shape index (κ1) is 16.3. The maximum atomic E-state index is 12.9. The molecule has 0 aromatic rings. The van der Waals surface area contributed by atoms with Crippen molar-refractivity contribution in [3.05, 3.63) is 0 Å². The van der Waals surface area contributed by atoms with Gasteiger partial charge in [-0.3, -0.25) is 0 Å². The van der Waals surface area contributed by atoms with Crippen LogP contribution in [0, 0.1) is 0 Å². The first-order valence-corrected chi connectivity index (χ1v) is 7.59. The van der Waals surface area contributed by atoms with E-state index in [1.54, 1.807) is 13.8 Å². The predicted molar refractivity (Wildman–Crippen MR) is 64.4 cm³/mol. The summed E-state index contributed by atoms with van der Waals surface area (Å²) < 4.78 is 54.8. The molecule has 0 amide bonds. The molecule has 6 nitrogen and oxygen atoms in total. The SMILES string of the molecule is CC(C)(CNCC1CC(F)(F)C(=O)O1)NS(C)(=O)=O. The van der Waals surface area contributed by atoms with E-state index in [0.717, 1.165) is 6.26 Å². The molecule has 0 spiro atoms. The second-order valence-electron chi connectivity index (χ2n) is 5.32. The number of alkyl halides is 2. The zero-order chi connectivity index (χ0) is 14.9. The molecule has 1 saturated heterocycles. The fourth-order valence-electron chi connectivity index (χ4n) is 1.85. The van der Waals surface area contributed by atoms with Crippen LogP contribution in [0.4, 0.5) is 8.78 Å². The molecule has 9 heteroatoms. The van der Waals surface area contributed by atoms with Crippen LogP contribution in [0.3, 0.4) is 0 Å². The lowest BCUT2D eigenvalue weighted by molar-refractivity contribution is -0.159. The second kappa shape index (κ2) is 5.29. The summed E-state index contributed by atoms with van der Waals surface area (Å²) in [5.41, 5.74) is -0.765. The van der Waals surface area contributed by atoms with E-state index in [9.17, 15) is 22.0 Å². The number of cyclic esters (lactones) is 1. The van der Waals surface area contributed by atoms with Gasteiger partial charge >= 0.3 is 11.9 Å². The first-order chi connectivity index (χ1) is 8.41. The van der Waals surface area contributed by atoms with E-state index >= 15 is 0 Å². The average molecular weight is 300 g/mol. The molecule has 0 aliphatic carbocycles. The van der Waals surface area contributed by atoms with Gasteiger partial charge in [0.25, 0.3) is 0 Å². The van der Waals surface area contributed by atoms with Crippen LogP contribution in [0.15, 0.2) is 0 Å². The molecule has 112 valence electrons. The van der Waals surface area contributed by atoms with E-state index in [1.807, 2.05) is 0 Å². The Hall–Kier alpha value is -0.800. The van der Waals surface area contributed by atoms with E-state index in [4.69, 9.17) is 0 Å². The number of sulfonamides is 1. The van der Waals surface area contributed by atoms with E-state index in [2.05, 4.69) is 14.8 Å². The van der Waals surface area contributed by atoms with Crippen molar-refractivity contribution in [2.75, 3.05) is 19.3 Å². The molecule has 1 heterocycles. The molecule has 1 aliphatic rings. The van der Waals surface area contributed by atoms with Crippen molar-refractivity contribution in [2.45, 2.75) is 37.8 Å². The molecule has 1 rings (SSSR count). The van der Waals surface area contributed by atoms with Crippen molar-refractivity contribution < 1.29 is 26.7 Å². The van der Waals surface area contributed by atoms with Crippen LogP contribution in [-0.2, 0) is 19.6 Å². The summed E-state index contributed by atoms with van der Waals surface area (Å²) in [7, 11) is -3.35. The molecule has 1 fully saturated rings. The normalized spacial score (nSPS) is 23.4. The predicted octanol–water partition coefficient (Wildman–Crippen LogP) is -0.145. The Morgan fingerprint density at radius 2 is 2.05 bits per heavy atom. The minimum Gasteiger partial charge on any atom is -0.456 e. The Labute approximate surface area is 110 Å². The quantitative estimate of drug-likeness (QED) is 0.667. The molecule has 0 radical (unpaired) electrons. The van der Waals surface area contributed by atoms with Crippen molar-refractivity contribution >= 4 is 16.0 Å². The summed E-state index contributed by atoms with van der Waals surface area (Å²) in [5.74, 6) is -4.93. The highest BCUT2D eigenvalue weighted by Gasteiger charge is 2.50. The Kier molecular flexibility index (Phi) is 4.53. The molecule has 2 N–H and O–H groups in total. The molecule has 1 unspecified atom stereocenters. The van der Waals surface area contributed by atoms with Crippen LogP contribution in [0.1, 0.15) is 20.3 Å². The maximum Gasteiger partial charge on any atom is 0.377 e. The fraction of sp³-hybridized carbons (Fsp3) is 0.900. The number of rotatable bonds is 6. The third-order valence-corrected chi connectivity index (χ3v) is 3.38. The highest BCUT2D eigenvalue weighted by molar-refractivity contribution is 7.88. The highest BCUT2D eigenvalue weighted by Crippen LogP contribution is 2.30. The van der Waals surface area contributed by atoms with Gasteiger partial charge < -0.3 is 10.1 Å². The van der Waals surface area contributed by atoms with E-state index in [-0.39, 0.29) is 13.1 Å². The topological polar surface area (TPSA) is 84.5 Å². The van der Waals surface area contributed by atoms with Crippen LogP contribution in [-0.4, -0.2) is 51.3 Å². The Morgan fingerprint density at radius 1 is 1.47 bits per heavy atom. The van der Waals surface area contributed by atoms with E-state index < -0.39 is 40.0 Å². The van der Waals surface area contributed by atoms with Crippen molar-refractivity contribution in [2.24, 2.45) is 0 Å². The van der Waals surface area contributed by atoms with Gasteiger partial charge in [-0.1, -0.05) is 0 Å². The summed E-state index contributed by atoms with van der Waals surface area (Å²) in [6.45, 7) is 3.57. The van der Waals surface area contributed by atoms with Crippen LogP contribution in [0.2, 0.25) is 0 Å². The van der Waals surface area contributed by atoms with Crippen molar-refractivity contribution in [3.63, 3.8) is 0 Å². The number of hydrogen-bond acceptors (Lipinski definition) is 5. The largest absolute Gasteiger partial charge is 0.456 e. The number of ether oxygens (including phenoxy) is 1. The van der Waals surface area contributed by atoms with E-state index in [1.165, 1.54) is 0 Å². The van der Waals surface area contributed by atoms with Crippen LogP contribution in [0.25, 0.3) is 0 Å². The van der Waals surface area contributed by atoms with Gasteiger partial charge in [0.1, 0.15) is 6.10 Å². The zero-order valence-electron chi connectivity index (χ0n) is 11.0. The molecule has 0 bridgehead atoms. The number of carbonyl (C=O) groups is 1. The minimum absolute atomic E-state index is 0.0518. The summed E-state index contributed by atoms with van der Waals surface area (Å²) in [4.78, 5) is 10.8. The lowest BCUT2D eigenvalue weighted by Crippen LogP contribution is -2.50. The van der Waals surface area contributed by atoms with Crippen molar-refractivity contribution in [1.82, 2.24) is 10.0 Å². The van der Waals surface area contributed by atoms with Crippen molar-refractivity contribution in [1.29, 1.82) is 0 Å². The number of esters is 1. The third kappa shape index (κ3) is 5.37. The Balaban J connectivity index is 2.37.